The van der Waals surface area contributed by atoms with Gasteiger partial charge in [-0.2, -0.15) is 0 Å². The molecule has 0 saturated heterocycles. The minimum Gasteiger partial charge on any atom is -0.441 e. The van der Waals surface area contributed by atoms with Gasteiger partial charge in [-0.15, -0.1) is 0 Å². The van der Waals surface area contributed by atoms with Crippen LogP contribution >= 0.6 is 0 Å². The third kappa shape index (κ3) is 4.27. The summed E-state index contributed by atoms with van der Waals surface area (Å²) in [6.45, 7) is 0. The summed E-state index contributed by atoms with van der Waals surface area (Å²) >= 11 is 0. The van der Waals surface area contributed by atoms with E-state index in [1.165, 1.54) is 0 Å². The van der Waals surface area contributed by atoms with E-state index in [1.54, 1.807) is 18.7 Å². The van der Waals surface area contributed by atoms with Crippen LogP contribution in [0.3, 0.4) is 0 Å². The molecule has 1 N–H and O–H groups in total. The van der Waals surface area contributed by atoms with Gasteiger partial charge in [-0.05, 0) is 30.7 Å². The summed E-state index contributed by atoms with van der Waals surface area (Å²) in [5.41, 5.74) is 3.54. The molecule has 0 aliphatic rings. The Kier molecular flexibility index (Phi) is 5.45. The highest BCUT2D eigenvalue weighted by molar-refractivity contribution is 5.90. The van der Waals surface area contributed by atoms with Gasteiger partial charge < -0.3 is 9.73 Å². The Labute approximate surface area is 184 Å². The molecule has 5 aromatic rings. The maximum absolute atomic E-state index is 12.3. The maximum Gasteiger partial charge on any atom is 0.224 e. The number of benzene rings is 2. The van der Waals surface area contributed by atoms with Gasteiger partial charge in [0.1, 0.15) is 12.1 Å². The summed E-state index contributed by atoms with van der Waals surface area (Å²) < 4.78 is 7.71. The first-order valence-corrected chi connectivity index (χ1v) is 10.4. The molecule has 0 aliphatic heterocycles. The lowest BCUT2D eigenvalue weighted by molar-refractivity contribution is -0.116. The molecule has 0 spiro atoms. The largest absolute Gasteiger partial charge is 0.441 e. The lowest BCUT2D eigenvalue weighted by Gasteiger charge is -2.07. The van der Waals surface area contributed by atoms with Crippen LogP contribution in [0.5, 0.6) is 0 Å². The Balaban J connectivity index is 1.14. The molecule has 32 heavy (non-hydrogen) atoms. The summed E-state index contributed by atoms with van der Waals surface area (Å²) in [5.74, 6) is 2.05. The average Bonchev–Trinajstić information content (AvgIpc) is 3.48. The summed E-state index contributed by atoms with van der Waals surface area (Å²) in [5, 5.41) is 2.89. The van der Waals surface area contributed by atoms with Gasteiger partial charge in [-0.3, -0.25) is 9.36 Å². The van der Waals surface area contributed by atoms with E-state index in [0.29, 0.717) is 30.8 Å². The summed E-state index contributed by atoms with van der Waals surface area (Å²) in [6, 6.07) is 21.4. The van der Waals surface area contributed by atoms with Gasteiger partial charge in [0.05, 0.1) is 29.1 Å². The molecule has 3 aromatic heterocycles. The normalized spacial score (nSPS) is 11.0. The number of anilines is 1. The molecule has 0 aliphatic carbocycles. The number of amides is 1. The highest BCUT2D eigenvalue weighted by Gasteiger charge is 2.09. The molecule has 0 unspecified atom stereocenters. The zero-order valence-electron chi connectivity index (χ0n) is 17.3. The first-order chi connectivity index (χ1) is 15.8. The molecule has 0 fully saturated rings. The van der Waals surface area contributed by atoms with Crippen molar-refractivity contribution in [2.24, 2.45) is 0 Å². The smallest absolute Gasteiger partial charge is 0.224 e. The van der Waals surface area contributed by atoms with E-state index in [9.17, 15) is 4.79 Å². The Morgan fingerprint density at radius 2 is 1.75 bits per heavy atom. The van der Waals surface area contributed by atoms with Crippen molar-refractivity contribution < 1.29 is 9.21 Å². The van der Waals surface area contributed by atoms with Crippen molar-refractivity contribution in [3.8, 4) is 17.1 Å². The van der Waals surface area contributed by atoms with Crippen LogP contribution in [-0.2, 0) is 11.2 Å². The Morgan fingerprint density at radius 3 is 2.59 bits per heavy atom. The zero-order chi connectivity index (χ0) is 21.8. The molecule has 2 aromatic carbocycles. The van der Waals surface area contributed by atoms with Crippen LogP contribution in [0.25, 0.3) is 28.2 Å². The number of para-hydroxylation sites is 2. The Morgan fingerprint density at radius 1 is 0.906 bits per heavy atom. The molecule has 5 rings (SSSR count). The Bertz CT molecular complexity index is 1340. The van der Waals surface area contributed by atoms with Crippen molar-refractivity contribution in [1.29, 1.82) is 0 Å². The van der Waals surface area contributed by atoms with Crippen molar-refractivity contribution in [3.63, 3.8) is 0 Å². The number of pyridine rings is 1. The predicted molar refractivity (Wildman–Crippen MR) is 122 cm³/mol. The van der Waals surface area contributed by atoms with E-state index < -0.39 is 0 Å². The highest BCUT2D eigenvalue weighted by Crippen LogP contribution is 2.21. The first-order valence-electron chi connectivity index (χ1n) is 10.4. The molecule has 0 saturated carbocycles. The van der Waals surface area contributed by atoms with E-state index in [-0.39, 0.29) is 5.91 Å². The zero-order valence-corrected chi connectivity index (χ0v) is 17.3. The SMILES string of the molecule is O=C(CCCc1ncc(-c2ccccc2)o1)Nc1ccc(-n2cnc3ccccc32)nc1. The van der Waals surface area contributed by atoms with E-state index in [1.807, 2.05) is 71.3 Å². The van der Waals surface area contributed by atoms with Crippen LogP contribution in [0.1, 0.15) is 18.7 Å². The molecule has 1 amide bonds. The van der Waals surface area contributed by atoms with Gasteiger partial charge in [0.15, 0.2) is 11.7 Å². The molecule has 0 radical (unpaired) electrons. The van der Waals surface area contributed by atoms with Gasteiger partial charge in [0, 0.05) is 18.4 Å². The quantitative estimate of drug-likeness (QED) is 0.396. The number of hydrogen-bond acceptors (Lipinski definition) is 5. The number of rotatable bonds is 7. The Hall–Kier alpha value is -4.26. The van der Waals surface area contributed by atoms with Crippen molar-refractivity contribution in [2.75, 3.05) is 5.32 Å². The number of nitrogens with zero attached hydrogens (tertiary/aromatic N) is 4. The van der Waals surface area contributed by atoms with E-state index >= 15 is 0 Å². The topological polar surface area (TPSA) is 85.8 Å². The van der Waals surface area contributed by atoms with Crippen molar-refractivity contribution in [3.05, 3.63) is 91.3 Å². The molecule has 7 heteroatoms. The van der Waals surface area contributed by atoms with Crippen LogP contribution in [0, 0.1) is 0 Å². The van der Waals surface area contributed by atoms with Crippen molar-refractivity contribution in [2.45, 2.75) is 19.3 Å². The number of nitrogens with one attached hydrogen (secondary N) is 1. The van der Waals surface area contributed by atoms with Crippen molar-refractivity contribution >= 4 is 22.6 Å². The van der Waals surface area contributed by atoms with Crippen LogP contribution in [-0.4, -0.2) is 25.4 Å². The number of imidazole rings is 1. The molecule has 0 atom stereocenters. The predicted octanol–water partition coefficient (Wildman–Crippen LogP) is 5.04. The number of carbonyl (C=O) groups excluding carboxylic acids is 1. The minimum atomic E-state index is -0.0672. The second-order valence-corrected chi connectivity index (χ2v) is 7.39. The second kappa shape index (κ2) is 8.85. The fourth-order valence-corrected chi connectivity index (χ4v) is 3.53. The highest BCUT2D eigenvalue weighted by atomic mass is 16.4. The summed E-state index contributed by atoms with van der Waals surface area (Å²) in [7, 11) is 0. The van der Waals surface area contributed by atoms with Gasteiger partial charge >= 0.3 is 0 Å². The molecular formula is C25H21N5O2. The number of fused-ring (bicyclic) bond motifs is 1. The standard InChI is InChI=1S/C25H21N5O2/c31-24(11-6-12-25-27-16-22(32-25)18-7-2-1-3-8-18)29-19-13-14-23(26-15-19)30-17-28-20-9-4-5-10-21(20)30/h1-5,7-10,13-17H,6,11-12H2,(H,29,31). The molecule has 158 valence electrons. The lowest BCUT2D eigenvalue weighted by atomic mass is 10.2. The fourth-order valence-electron chi connectivity index (χ4n) is 3.53. The number of aromatic nitrogens is 4. The molecule has 0 bridgehead atoms. The van der Waals surface area contributed by atoms with Crippen LogP contribution in [0.2, 0.25) is 0 Å². The van der Waals surface area contributed by atoms with E-state index in [0.717, 1.165) is 28.2 Å². The first kappa shape index (κ1) is 19.7. The lowest BCUT2D eigenvalue weighted by Crippen LogP contribution is -2.12. The number of hydrogen-bond donors (Lipinski definition) is 1. The van der Waals surface area contributed by atoms with Crippen LogP contribution in [0.4, 0.5) is 5.69 Å². The second-order valence-electron chi connectivity index (χ2n) is 7.39. The molecule has 3 heterocycles. The summed E-state index contributed by atoms with van der Waals surface area (Å²) in [4.78, 5) is 25.5. The molecular weight excluding hydrogens is 402 g/mol. The average molecular weight is 423 g/mol. The summed E-state index contributed by atoms with van der Waals surface area (Å²) in [6.07, 6.45) is 6.75. The van der Waals surface area contributed by atoms with Gasteiger partial charge in [0.25, 0.3) is 0 Å². The molecule has 7 nitrogen and oxygen atoms in total. The third-order valence-corrected chi connectivity index (χ3v) is 5.14. The maximum atomic E-state index is 12.3. The van der Waals surface area contributed by atoms with Crippen LogP contribution in [0.15, 0.2) is 89.9 Å². The number of oxazole rings is 1. The third-order valence-electron chi connectivity index (χ3n) is 5.14. The van der Waals surface area contributed by atoms with E-state index in [4.69, 9.17) is 4.42 Å². The van der Waals surface area contributed by atoms with Crippen molar-refractivity contribution in [1.82, 2.24) is 19.5 Å². The van der Waals surface area contributed by atoms with Gasteiger partial charge in [-0.25, -0.2) is 15.0 Å². The van der Waals surface area contributed by atoms with Gasteiger partial charge in [-0.1, -0.05) is 42.5 Å². The fraction of sp³-hybridized carbons (Fsp3) is 0.120. The van der Waals surface area contributed by atoms with E-state index in [2.05, 4.69) is 20.3 Å². The number of carbonyl (C=O) groups is 1. The van der Waals surface area contributed by atoms with Crippen LogP contribution < -0.4 is 5.32 Å². The minimum absolute atomic E-state index is 0.0672. The monoisotopic (exact) mass is 423 g/mol. The van der Waals surface area contributed by atoms with Gasteiger partial charge in [0.2, 0.25) is 5.91 Å². The number of aryl methyl sites for hydroxylation is 1.